The lowest BCUT2D eigenvalue weighted by atomic mass is 10.1. The molecule has 0 spiro atoms. The van der Waals surface area contributed by atoms with Gasteiger partial charge in [0.05, 0.1) is 5.56 Å². The summed E-state index contributed by atoms with van der Waals surface area (Å²) in [6.07, 6.45) is -4.67. The molecule has 0 aliphatic carbocycles. The van der Waals surface area contributed by atoms with E-state index in [1.807, 2.05) is 0 Å². The molecule has 0 radical (unpaired) electrons. The van der Waals surface area contributed by atoms with Gasteiger partial charge in [0, 0.05) is 12.1 Å². The minimum absolute atomic E-state index is 0.00672. The maximum absolute atomic E-state index is 13.3. The van der Waals surface area contributed by atoms with Crippen LogP contribution < -0.4 is 21.5 Å². The zero-order chi connectivity index (χ0) is 18.3. The Hall–Kier alpha value is -2.38. The van der Waals surface area contributed by atoms with E-state index in [1.54, 1.807) is 20.8 Å². The van der Waals surface area contributed by atoms with Crippen molar-refractivity contribution in [2.45, 2.75) is 39.0 Å². The molecule has 0 aliphatic rings. The number of nitrogens with one attached hydrogen (secondary N) is 2. The van der Waals surface area contributed by atoms with Crippen LogP contribution in [0, 0.1) is 5.82 Å². The Balaban J connectivity index is 2.21. The van der Waals surface area contributed by atoms with Gasteiger partial charge in [-0.2, -0.15) is 13.2 Å². The van der Waals surface area contributed by atoms with Crippen molar-refractivity contribution in [3.8, 4) is 0 Å². The van der Waals surface area contributed by atoms with E-state index in [2.05, 4.69) is 10.6 Å². The van der Waals surface area contributed by atoms with E-state index in [-0.39, 0.29) is 23.5 Å². The lowest BCUT2D eigenvalue weighted by Crippen LogP contribution is -2.41. The molecule has 2 aromatic carbocycles. The number of alkyl halides is 3. The van der Waals surface area contributed by atoms with Gasteiger partial charge in [-0.15, -0.1) is 0 Å². The van der Waals surface area contributed by atoms with Gasteiger partial charge in [-0.05, 0) is 44.5 Å². The fourth-order valence-electron chi connectivity index (χ4n) is 2.16. The summed E-state index contributed by atoms with van der Waals surface area (Å²) in [7, 11) is 0. The highest BCUT2D eigenvalue weighted by atomic mass is 19.4. The SMILES string of the molecule is CC(C)(C)Nc1c(NCc2cc(F)cc(C(F)(F)F)c2)c(=O)c1=O. The molecule has 0 heterocycles. The summed E-state index contributed by atoms with van der Waals surface area (Å²) < 4.78 is 51.4. The molecule has 0 fully saturated rings. The van der Waals surface area contributed by atoms with Gasteiger partial charge < -0.3 is 10.6 Å². The highest BCUT2D eigenvalue weighted by molar-refractivity contribution is 5.74. The Labute approximate surface area is 135 Å². The van der Waals surface area contributed by atoms with Gasteiger partial charge in [0.15, 0.2) is 0 Å². The Morgan fingerprint density at radius 2 is 1.54 bits per heavy atom. The van der Waals surface area contributed by atoms with E-state index in [9.17, 15) is 27.2 Å². The van der Waals surface area contributed by atoms with E-state index in [1.165, 1.54) is 0 Å². The van der Waals surface area contributed by atoms with Crippen LogP contribution >= 0.6 is 0 Å². The first-order chi connectivity index (χ1) is 10.9. The molecular weight excluding hydrogens is 328 g/mol. The molecule has 2 rings (SSSR count). The second-order valence-electron chi connectivity index (χ2n) is 6.48. The van der Waals surface area contributed by atoms with Gasteiger partial charge in [0.1, 0.15) is 17.2 Å². The normalized spacial score (nSPS) is 12.5. The Kier molecular flexibility index (Phi) is 4.43. The van der Waals surface area contributed by atoms with Gasteiger partial charge in [-0.1, -0.05) is 0 Å². The first kappa shape index (κ1) is 18.0. The van der Waals surface area contributed by atoms with Crippen molar-refractivity contribution in [1.82, 2.24) is 0 Å². The predicted molar refractivity (Wildman–Crippen MR) is 83.5 cm³/mol. The summed E-state index contributed by atoms with van der Waals surface area (Å²) >= 11 is 0. The van der Waals surface area contributed by atoms with E-state index >= 15 is 0 Å². The molecule has 0 unspecified atom stereocenters. The smallest absolute Gasteiger partial charge is 0.376 e. The second kappa shape index (κ2) is 5.92. The van der Waals surface area contributed by atoms with Crippen molar-refractivity contribution in [3.05, 3.63) is 55.6 Å². The van der Waals surface area contributed by atoms with Crippen LogP contribution in [-0.4, -0.2) is 5.54 Å². The van der Waals surface area contributed by atoms with Crippen molar-refractivity contribution < 1.29 is 17.6 Å². The quantitative estimate of drug-likeness (QED) is 0.660. The summed E-state index contributed by atoms with van der Waals surface area (Å²) in [6.45, 7) is 5.14. The molecule has 0 aliphatic heterocycles. The van der Waals surface area contributed by atoms with Crippen molar-refractivity contribution in [2.75, 3.05) is 10.6 Å². The molecule has 0 saturated carbocycles. The van der Waals surface area contributed by atoms with Gasteiger partial charge >= 0.3 is 6.18 Å². The van der Waals surface area contributed by atoms with E-state index in [0.717, 1.165) is 12.1 Å². The summed E-state index contributed by atoms with van der Waals surface area (Å²) in [5.41, 5.74) is -2.94. The average Bonchev–Trinajstić information content (AvgIpc) is 2.43. The molecule has 0 amide bonds. The van der Waals surface area contributed by atoms with Crippen molar-refractivity contribution in [3.63, 3.8) is 0 Å². The third-order valence-corrected chi connectivity index (χ3v) is 3.16. The van der Waals surface area contributed by atoms with Gasteiger partial charge in [-0.3, -0.25) is 9.59 Å². The van der Waals surface area contributed by atoms with Crippen LogP contribution in [0.4, 0.5) is 28.9 Å². The summed E-state index contributed by atoms with van der Waals surface area (Å²) in [5, 5.41) is 5.47. The average molecular weight is 344 g/mol. The molecule has 2 aromatic rings. The minimum atomic E-state index is -4.67. The van der Waals surface area contributed by atoms with Crippen LogP contribution in [0.3, 0.4) is 0 Å². The summed E-state index contributed by atoms with van der Waals surface area (Å²) in [4.78, 5) is 23.2. The van der Waals surface area contributed by atoms with Gasteiger partial charge in [0.2, 0.25) is 0 Å². The monoisotopic (exact) mass is 344 g/mol. The van der Waals surface area contributed by atoms with Crippen molar-refractivity contribution in [1.29, 1.82) is 0 Å². The third kappa shape index (κ3) is 3.93. The van der Waals surface area contributed by atoms with Gasteiger partial charge in [-0.25, -0.2) is 4.39 Å². The Morgan fingerprint density at radius 1 is 0.958 bits per heavy atom. The maximum atomic E-state index is 13.3. The van der Waals surface area contributed by atoms with Crippen molar-refractivity contribution in [2.24, 2.45) is 0 Å². The Morgan fingerprint density at radius 3 is 2.08 bits per heavy atom. The zero-order valence-electron chi connectivity index (χ0n) is 13.3. The summed E-state index contributed by atoms with van der Waals surface area (Å²) in [5.74, 6) is -1.03. The fraction of sp³-hybridized carbons (Fsp3) is 0.375. The predicted octanol–water partition coefficient (Wildman–Crippen LogP) is 3.26. The van der Waals surface area contributed by atoms with Crippen LogP contribution in [0.15, 0.2) is 27.8 Å². The lowest BCUT2D eigenvalue weighted by Gasteiger charge is -2.25. The Bertz CT molecular complexity index is 828. The fourth-order valence-corrected chi connectivity index (χ4v) is 2.16. The molecule has 4 nitrogen and oxygen atoms in total. The number of rotatable bonds is 4. The molecule has 0 aromatic heterocycles. The number of benzene rings is 1. The van der Waals surface area contributed by atoms with Crippen molar-refractivity contribution >= 4 is 11.4 Å². The lowest BCUT2D eigenvalue weighted by molar-refractivity contribution is -0.137. The number of halogens is 4. The molecule has 0 saturated heterocycles. The van der Waals surface area contributed by atoms with Crippen LogP contribution in [0.5, 0.6) is 0 Å². The molecule has 8 heteroatoms. The molecule has 0 atom stereocenters. The maximum Gasteiger partial charge on any atom is 0.416 e. The number of hydrogen-bond donors (Lipinski definition) is 2. The third-order valence-electron chi connectivity index (χ3n) is 3.16. The zero-order valence-corrected chi connectivity index (χ0v) is 13.3. The first-order valence-corrected chi connectivity index (χ1v) is 7.10. The summed E-state index contributed by atoms with van der Waals surface area (Å²) in [6, 6.07) is 2.12. The number of hydrogen-bond acceptors (Lipinski definition) is 4. The molecular formula is C16H16F4N2O2. The first-order valence-electron chi connectivity index (χ1n) is 7.10. The molecule has 2 N–H and O–H groups in total. The van der Waals surface area contributed by atoms with Crippen LogP contribution in [0.1, 0.15) is 31.9 Å². The second-order valence-corrected chi connectivity index (χ2v) is 6.48. The topological polar surface area (TPSA) is 58.2 Å². The molecule has 24 heavy (non-hydrogen) atoms. The van der Waals surface area contributed by atoms with E-state index in [4.69, 9.17) is 0 Å². The molecule has 130 valence electrons. The van der Waals surface area contributed by atoms with Crippen LogP contribution in [-0.2, 0) is 12.7 Å². The van der Waals surface area contributed by atoms with Crippen LogP contribution in [0.25, 0.3) is 0 Å². The van der Waals surface area contributed by atoms with E-state index in [0.29, 0.717) is 6.07 Å². The van der Waals surface area contributed by atoms with Crippen LogP contribution in [0.2, 0.25) is 0 Å². The largest absolute Gasteiger partial charge is 0.416 e. The minimum Gasteiger partial charge on any atom is -0.376 e. The molecule has 0 bridgehead atoms. The standard InChI is InChI=1S/C16H16F4N2O2/c1-15(2,3)22-12-11(13(23)14(12)24)21-7-8-4-9(16(18,19)20)6-10(17)5-8/h4-6,21-22H,7H2,1-3H3. The highest BCUT2D eigenvalue weighted by Gasteiger charge is 2.31. The number of anilines is 2. The van der Waals surface area contributed by atoms with Gasteiger partial charge in [0.25, 0.3) is 10.9 Å². The van der Waals surface area contributed by atoms with E-state index < -0.39 is 34.0 Å². The highest BCUT2D eigenvalue weighted by Crippen LogP contribution is 2.30.